The molecule has 0 saturated carbocycles. The van der Waals surface area contributed by atoms with E-state index in [1.165, 1.54) is 11.8 Å². The number of thioether (sulfide) groups is 1. The van der Waals surface area contributed by atoms with Crippen molar-refractivity contribution in [1.82, 2.24) is 14.5 Å². The minimum atomic E-state index is -0.875. The number of carboxylic acids is 1. The van der Waals surface area contributed by atoms with Crippen molar-refractivity contribution in [2.75, 3.05) is 12.0 Å². The largest absolute Gasteiger partial charge is 0.481 e. The van der Waals surface area contributed by atoms with Crippen molar-refractivity contribution in [3.8, 4) is 0 Å². The zero-order valence-corrected chi connectivity index (χ0v) is 13.5. The summed E-state index contributed by atoms with van der Waals surface area (Å²) in [7, 11) is -0.870. The quantitative estimate of drug-likeness (QED) is 0.780. The van der Waals surface area contributed by atoms with Gasteiger partial charge >= 0.3 is 5.97 Å². The fourth-order valence-corrected chi connectivity index (χ4v) is 3.09. The third-order valence-electron chi connectivity index (χ3n) is 3.17. The van der Waals surface area contributed by atoms with Gasteiger partial charge in [0.1, 0.15) is 5.52 Å². The summed E-state index contributed by atoms with van der Waals surface area (Å²) >= 11 is 1.19. The van der Waals surface area contributed by atoms with Crippen molar-refractivity contribution in [2.45, 2.75) is 30.3 Å². The van der Waals surface area contributed by atoms with Gasteiger partial charge in [-0.25, -0.2) is 4.98 Å². The molecule has 2 unspecified atom stereocenters. The van der Waals surface area contributed by atoms with Gasteiger partial charge in [0.15, 0.2) is 5.16 Å². The van der Waals surface area contributed by atoms with Crippen LogP contribution < -0.4 is 0 Å². The van der Waals surface area contributed by atoms with Crippen LogP contribution in [0.1, 0.15) is 13.3 Å². The minimum Gasteiger partial charge on any atom is -0.481 e. The molecule has 0 amide bonds. The Hall–Kier alpha value is -1.41. The standard InChI is InChI=1S/C13H17N3O3S2/c1-9(21(2)19)4-6-16-11-3-5-14-7-10(11)15-13(16)20-8-12(17)18/h3,5,7,9H,4,6,8H2,1-2H3,(H,17,18). The number of carbonyl (C=O) groups is 1. The monoisotopic (exact) mass is 327 g/mol. The molecule has 0 fully saturated rings. The third kappa shape index (κ3) is 4.04. The SMILES string of the molecule is CC(CCn1c(SCC(=O)O)nc2cnccc21)S(C)=O. The molecule has 0 saturated heterocycles. The molecule has 6 nitrogen and oxygen atoms in total. The van der Waals surface area contributed by atoms with Crippen LogP contribution in [0.15, 0.2) is 23.6 Å². The van der Waals surface area contributed by atoms with Crippen LogP contribution in [-0.2, 0) is 22.1 Å². The van der Waals surface area contributed by atoms with Crippen molar-refractivity contribution in [3.63, 3.8) is 0 Å². The van der Waals surface area contributed by atoms with Crippen LogP contribution >= 0.6 is 11.8 Å². The Balaban J connectivity index is 2.26. The molecule has 0 aliphatic carbocycles. The molecule has 2 rings (SSSR count). The van der Waals surface area contributed by atoms with E-state index in [0.717, 1.165) is 17.5 Å². The minimum absolute atomic E-state index is 0.0357. The first kappa shape index (κ1) is 16.0. The number of hydrogen-bond donors (Lipinski definition) is 1. The number of nitrogens with zero attached hydrogens (tertiary/aromatic N) is 3. The maximum atomic E-state index is 11.5. The predicted molar refractivity (Wildman–Crippen MR) is 84.0 cm³/mol. The first-order valence-corrected chi connectivity index (χ1v) is 9.06. The van der Waals surface area contributed by atoms with Crippen LogP contribution in [0, 0.1) is 0 Å². The molecule has 2 heterocycles. The summed E-state index contributed by atoms with van der Waals surface area (Å²) in [5, 5.41) is 9.57. The van der Waals surface area contributed by atoms with Crippen molar-refractivity contribution in [1.29, 1.82) is 0 Å². The van der Waals surface area contributed by atoms with Gasteiger partial charge in [0.25, 0.3) is 0 Å². The van der Waals surface area contributed by atoms with Gasteiger partial charge < -0.3 is 9.67 Å². The second-order valence-electron chi connectivity index (χ2n) is 4.69. The van der Waals surface area contributed by atoms with E-state index >= 15 is 0 Å². The molecule has 21 heavy (non-hydrogen) atoms. The molecule has 2 aromatic heterocycles. The van der Waals surface area contributed by atoms with Gasteiger partial charge in [0.2, 0.25) is 0 Å². The van der Waals surface area contributed by atoms with Gasteiger partial charge in [0, 0.05) is 35.0 Å². The average Bonchev–Trinajstić information content (AvgIpc) is 2.80. The first-order valence-electron chi connectivity index (χ1n) is 6.46. The second-order valence-corrected chi connectivity index (χ2v) is 7.44. The molecule has 0 aliphatic rings. The van der Waals surface area contributed by atoms with E-state index in [-0.39, 0.29) is 11.0 Å². The molecule has 0 aliphatic heterocycles. The highest BCUT2D eigenvalue weighted by Gasteiger charge is 2.14. The Morgan fingerprint density at radius 1 is 1.57 bits per heavy atom. The number of aryl methyl sites for hydroxylation is 1. The third-order valence-corrected chi connectivity index (χ3v) is 5.50. The van der Waals surface area contributed by atoms with E-state index in [2.05, 4.69) is 9.97 Å². The molecule has 8 heteroatoms. The maximum Gasteiger partial charge on any atom is 0.313 e. The highest BCUT2D eigenvalue weighted by atomic mass is 32.2. The summed E-state index contributed by atoms with van der Waals surface area (Å²) in [5.74, 6) is -0.911. The van der Waals surface area contributed by atoms with Gasteiger partial charge in [0.05, 0.1) is 17.5 Å². The smallest absolute Gasteiger partial charge is 0.313 e. The lowest BCUT2D eigenvalue weighted by atomic mass is 10.3. The first-order chi connectivity index (χ1) is 9.99. The van der Waals surface area contributed by atoms with Gasteiger partial charge in [-0.1, -0.05) is 18.7 Å². The molecule has 0 radical (unpaired) electrons. The van der Waals surface area contributed by atoms with Gasteiger partial charge in [-0.2, -0.15) is 0 Å². The Bertz CT molecular complexity index is 672. The number of aromatic nitrogens is 3. The highest BCUT2D eigenvalue weighted by Crippen LogP contribution is 2.24. The number of imidazole rings is 1. The summed E-state index contributed by atoms with van der Waals surface area (Å²) < 4.78 is 13.4. The van der Waals surface area contributed by atoms with Crippen LogP contribution in [0.3, 0.4) is 0 Å². The van der Waals surface area contributed by atoms with E-state index in [9.17, 15) is 9.00 Å². The van der Waals surface area contributed by atoms with Gasteiger partial charge in [-0.15, -0.1) is 0 Å². The number of fused-ring (bicyclic) bond motifs is 1. The summed E-state index contributed by atoms with van der Waals surface area (Å²) in [5.41, 5.74) is 1.67. The molecule has 2 atom stereocenters. The van der Waals surface area contributed by atoms with Gasteiger partial charge in [-0.05, 0) is 12.5 Å². The Morgan fingerprint density at radius 3 is 3.00 bits per heavy atom. The van der Waals surface area contributed by atoms with Crippen LogP contribution in [0.25, 0.3) is 11.0 Å². The van der Waals surface area contributed by atoms with E-state index in [0.29, 0.717) is 11.7 Å². The van der Waals surface area contributed by atoms with E-state index < -0.39 is 16.8 Å². The molecule has 1 N–H and O–H groups in total. The van der Waals surface area contributed by atoms with Crippen LogP contribution in [-0.4, -0.2) is 47.1 Å². The molecule has 0 bridgehead atoms. The van der Waals surface area contributed by atoms with Crippen molar-refractivity contribution < 1.29 is 14.1 Å². The lowest BCUT2D eigenvalue weighted by Gasteiger charge is -2.11. The zero-order valence-electron chi connectivity index (χ0n) is 11.9. The molecule has 0 aromatic carbocycles. The number of rotatable bonds is 7. The Labute approximate surface area is 129 Å². The predicted octanol–water partition coefficient (Wildman–Crippen LogP) is 1.77. The normalized spacial score (nSPS) is 14.2. The number of hydrogen-bond acceptors (Lipinski definition) is 5. The second kappa shape index (κ2) is 7.04. The Morgan fingerprint density at radius 2 is 2.33 bits per heavy atom. The summed E-state index contributed by atoms with van der Waals surface area (Å²) in [6.07, 6.45) is 5.80. The van der Waals surface area contributed by atoms with E-state index in [4.69, 9.17) is 5.11 Å². The Kier molecular flexibility index (Phi) is 5.35. The highest BCUT2D eigenvalue weighted by molar-refractivity contribution is 7.99. The fourth-order valence-electron chi connectivity index (χ4n) is 1.89. The van der Waals surface area contributed by atoms with Crippen LogP contribution in [0.5, 0.6) is 0 Å². The molecule has 114 valence electrons. The van der Waals surface area contributed by atoms with Crippen molar-refractivity contribution in [3.05, 3.63) is 18.5 Å². The summed E-state index contributed by atoms with van der Waals surface area (Å²) in [4.78, 5) is 19.2. The van der Waals surface area contributed by atoms with Crippen LogP contribution in [0.2, 0.25) is 0 Å². The molecule has 2 aromatic rings. The lowest BCUT2D eigenvalue weighted by molar-refractivity contribution is -0.133. The van der Waals surface area contributed by atoms with E-state index in [1.54, 1.807) is 18.6 Å². The fraction of sp³-hybridized carbons (Fsp3) is 0.462. The van der Waals surface area contributed by atoms with Crippen molar-refractivity contribution >= 4 is 39.6 Å². The maximum absolute atomic E-state index is 11.5. The zero-order chi connectivity index (χ0) is 15.4. The molecular formula is C13H17N3O3S2. The van der Waals surface area contributed by atoms with E-state index in [1.807, 2.05) is 17.6 Å². The molecule has 0 spiro atoms. The number of pyridine rings is 1. The number of carboxylic acid groups (broad SMARTS) is 1. The van der Waals surface area contributed by atoms with Gasteiger partial charge in [-0.3, -0.25) is 14.0 Å². The lowest BCUT2D eigenvalue weighted by Crippen LogP contribution is -2.13. The average molecular weight is 327 g/mol. The topological polar surface area (TPSA) is 85.1 Å². The van der Waals surface area contributed by atoms with Crippen molar-refractivity contribution in [2.24, 2.45) is 0 Å². The summed E-state index contributed by atoms with van der Waals surface area (Å²) in [6.45, 7) is 2.60. The van der Waals surface area contributed by atoms with Crippen LogP contribution in [0.4, 0.5) is 0 Å². The number of aliphatic carboxylic acids is 1. The molecular weight excluding hydrogens is 310 g/mol. The summed E-state index contributed by atoms with van der Waals surface area (Å²) in [6, 6.07) is 1.86.